The first-order valence-electron chi connectivity index (χ1n) is 17.2. The molecule has 5 heterocycles. The van der Waals surface area contributed by atoms with Crippen LogP contribution in [0.2, 0.25) is 5.02 Å². The van der Waals surface area contributed by atoms with E-state index < -0.39 is 0 Å². The maximum absolute atomic E-state index is 9.99. The Morgan fingerprint density at radius 2 is 1.74 bits per heavy atom. The van der Waals surface area contributed by atoms with Gasteiger partial charge < -0.3 is 14.8 Å². The second-order valence-electron chi connectivity index (χ2n) is 13.8. The Balaban J connectivity index is 1.08. The number of hydrogen-bond donors (Lipinski definition) is 2. The zero-order valence-electron chi connectivity index (χ0n) is 28.2. The number of β-amino-alcohol motifs (C(OH)–C–C–N with tert-alkyl or cyclic N) is 1. The molecule has 0 radical (unpaired) electrons. The Morgan fingerprint density at radius 3 is 2.54 bits per heavy atom. The Hall–Kier alpha value is -4.85. The Morgan fingerprint density at radius 1 is 0.960 bits per heavy atom. The quantitative estimate of drug-likeness (QED) is 0.164. The summed E-state index contributed by atoms with van der Waals surface area (Å²) in [5, 5.41) is 24.9. The minimum Gasteiger partial charge on any atom is -0.435 e. The van der Waals surface area contributed by atoms with Gasteiger partial charge in [0, 0.05) is 61.6 Å². The number of benzene rings is 3. The fraction of sp³-hybridized carbons (Fsp3) is 0.300. The fourth-order valence-corrected chi connectivity index (χ4v) is 7.70. The van der Waals surface area contributed by atoms with Crippen molar-refractivity contribution in [2.45, 2.75) is 45.9 Å². The molecule has 9 nitrogen and oxygen atoms in total. The summed E-state index contributed by atoms with van der Waals surface area (Å²) in [4.78, 5) is 19.0. The molecule has 8 rings (SSSR count). The van der Waals surface area contributed by atoms with E-state index in [4.69, 9.17) is 26.0 Å². The number of nitrogens with zero attached hydrogens (tertiary/aromatic N) is 6. The highest BCUT2D eigenvalue weighted by atomic mass is 35.5. The number of oxazole rings is 1. The van der Waals surface area contributed by atoms with E-state index in [1.54, 1.807) is 6.20 Å². The van der Waals surface area contributed by atoms with Gasteiger partial charge >= 0.3 is 0 Å². The molecule has 2 aliphatic heterocycles. The number of rotatable bonds is 8. The first-order chi connectivity index (χ1) is 24.3. The summed E-state index contributed by atoms with van der Waals surface area (Å²) in [5.74, 6) is 1.78. The number of nitriles is 1. The summed E-state index contributed by atoms with van der Waals surface area (Å²) in [6.45, 7) is 9.58. The first-order valence-corrected chi connectivity index (χ1v) is 17.6. The Kier molecular flexibility index (Phi) is 8.71. The molecule has 2 saturated heterocycles. The van der Waals surface area contributed by atoms with Crippen LogP contribution in [0.3, 0.4) is 0 Å². The molecule has 0 aliphatic carbocycles. The normalized spacial score (nSPS) is 18.3. The SMILES string of the molecule is Cc1c(-c2nc3cc(CN4CC[C@@H](C)C4)cc(C#N)c3o2)cccc1-c1cccc(Nc2nccc3cc(CN4CC[C@@H](O)C4)cnc23)c1Cl. The van der Waals surface area contributed by atoms with Crippen molar-refractivity contribution in [1.82, 2.24) is 24.8 Å². The number of likely N-dealkylation sites (tertiary alicyclic amines) is 2. The number of aliphatic hydroxyl groups excluding tert-OH is 1. The van der Waals surface area contributed by atoms with Gasteiger partial charge in [0.1, 0.15) is 17.1 Å². The molecule has 2 fully saturated rings. The van der Waals surface area contributed by atoms with Crippen LogP contribution in [-0.4, -0.2) is 62.1 Å². The lowest BCUT2D eigenvalue weighted by molar-refractivity contribution is 0.175. The molecule has 10 heteroatoms. The summed E-state index contributed by atoms with van der Waals surface area (Å²) in [5.41, 5.74) is 8.94. The maximum atomic E-state index is 9.99. The van der Waals surface area contributed by atoms with Crippen molar-refractivity contribution < 1.29 is 9.52 Å². The first kappa shape index (κ1) is 32.4. The monoisotopic (exact) mass is 683 g/mol. The number of aromatic nitrogens is 3. The van der Waals surface area contributed by atoms with Crippen LogP contribution in [0.4, 0.5) is 11.5 Å². The van der Waals surface area contributed by atoms with E-state index in [2.05, 4.69) is 39.2 Å². The number of fused-ring (bicyclic) bond motifs is 2. The van der Waals surface area contributed by atoms with Crippen LogP contribution in [-0.2, 0) is 13.1 Å². The van der Waals surface area contributed by atoms with Gasteiger partial charge in [-0.05, 0) is 90.9 Å². The summed E-state index contributed by atoms with van der Waals surface area (Å²) in [6.07, 6.45) is 5.41. The van der Waals surface area contributed by atoms with Crippen molar-refractivity contribution in [1.29, 1.82) is 5.26 Å². The number of aliphatic hydroxyl groups is 1. The lowest BCUT2D eigenvalue weighted by Gasteiger charge is -2.16. The second-order valence-corrected chi connectivity index (χ2v) is 14.2. The third-order valence-electron chi connectivity index (χ3n) is 10.0. The minimum absolute atomic E-state index is 0.253. The number of nitrogens with one attached hydrogen (secondary N) is 1. The molecule has 0 bridgehead atoms. The van der Waals surface area contributed by atoms with Crippen LogP contribution in [0, 0.1) is 24.2 Å². The average molecular weight is 684 g/mol. The molecule has 2 atom stereocenters. The van der Waals surface area contributed by atoms with Gasteiger partial charge in [-0.1, -0.05) is 42.8 Å². The van der Waals surface area contributed by atoms with Crippen molar-refractivity contribution in [3.05, 3.63) is 100 Å². The summed E-state index contributed by atoms with van der Waals surface area (Å²) < 4.78 is 6.29. The van der Waals surface area contributed by atoms with E-state index in [1.807, 2.05) is 67.7 Å². The zero-order valence-corrected chi connectivity index (χ0v) is 28.9. The highest BCUT2D eigenvalue weighted by Gasteiger charge is 2.23. The molecule has 3 aromatic carbocycles. The van der Waals surface area contributed by atoms with E-state index in [-0.39, 0.29) is 6.10 Å². The molecule has 3 aromatic heterocycles. The van der Waals surface area contributed by atoms with Crippen LogP contribution >= 0.6 is 11.6 Å². The summed E-state index contributed by atoms with van der Waals surface area (Å²) in [7, 11) is 0. The smallest absolute Gasteiger partial charge is 0.227 e. The van der Waals surface area contributed by atoms with Gasteiger partial charge in [0.2, 0.25) is 5.89 Å². The number of halogens is 1. The van der Waals surface area contributed by atoms with Gasteiger partial charge in [-0.2, -0.15) is 5.26 Å². The standard InChI is InChI=1S/C40H38ClN7O2/c1-24-10-13-47(20-24)21-26-15-29(18-42)38-35(17-26)46-40(50-38)32-6-3-5-31(25(32)2)33-7-4-8-34(36(33)41)45-39-37-28(9-12-43-39)16-27(19-44-37)22-48-14-11-30(49)23-48/h3-9,12,15-17,19,24,30,49H,10-11,13-14,20-23H2,1-2H3,(H,43,45)/t24-,30-/m1/s1. The van der Waals surface area contributed by atoms with Crippen LogP contribution < -0.4 is 5.32 Å². The molecule has 0 saturated carbocycles. The van der Waals surface area contributed by atoms with Crippen molar-refractivity contribution >= 4 is 45.1 Å². The van der Waals surface area contributed by atoms with Gasteiger partial charge in [0.15, 0.2) is 11.4 Å². The van der Waals surface area contributed by atoms with Crippen molar-refractivity contribution in [2.24, 2.45) is 5.92 Å². The van der Waals surface area contributed by atoms with Crippen molar-refractivity contribution in [3.8, 4) is 28.7 Å². The predicted molar refractivity (Wildman–Crippen MR) is 197 cm³/mol. The highest BCUT2D eigenvalue weighted by molar-refractivity contribution is 6.36. The second kappa shape index (κ2) is 13.5. The molecular weight excluding hydrogens is 646 g/mol. The summed E-state index contributed by atoms with van der Waals surface area (Å²) >= 11 is 7.13. The van der Waals surface area contributed by atoms with Gasteiger partial charge in [0.25, 0.3) is 0 Å². The largest absolute Gasteiger partial charge is 0.435 e. The van der Waals surface area contributed by atoms with E-state index in [9.17, 15) is 10.4 Å². The van der Waals surface area contributed by atoms with Gasteiger partial charge in [0.05, 0.1) is 22.4 Å². The summed E-state index contributed by atoms with van der Waals surface area (Å²) in [6, 6.07) is 22.3. The maximum Gasteiger partial charge on any atom is 0.227 e. The lowest BCUT2D eigenvalue weighted by Crippen LogP contribution is -2.21. The lowest BCUT2D eigenvalue weighted by atomic mass is 9.96. The molecule has 0 spiro atoms. The fourth-order valence-electron chi connectivity index (χ4n) is 7.43. The predicted octanol–water partition coefficient (Wildman–Crippen LogP) is 8.09. The van der Waals surface area contributed by atoms with Crippen molar-refractivity contribution in [2.75, 3.05) is 31.5 Å². The molecular formula is C40H38ClN7O2. The van der Waals surface area contributed by atoms with Crippen LogP contribution in [0.5, 0.6) is 0 Å². The van der Waals surface area contributed by atoms with Crippen LogP contribution in [0.25, 0.3) is 44.6 Å². The molecule has 50 heavy (non-hydrogen) atoms. The van der Waals surface area contributed by atoms with Gasteiger partial charge in [-0.3, -0.25) is 14.8 Å². The Labute approximate surface area is 296 Å². The third kappa shape index (κ3) is 6.32. The molecule has 0 unspecified atom stereocenters. The molecule has 2 N–H and O–H groups in total. The van der Waals surface area contributed by atoms with Gasteiger partial charge in [-0.15, -0.1) is 0 Å². The van der Waals surface area contributed by atoms with E-state index in [0.29, 0.717) is 51.5 Å². The number of anilines is 2. The van der Waals surface area contributed by atoms with Crippen molar-refractivity contribution in [3.63, 3.8) is 0 Å². The van der Waals surface area contributed by atoms with E-state index >= 15 is 0 Å². The topological polar surface area (TPSA) is 114 Å². The van der Waals surface area contributed by atoms with E-state index in [0.717, 1.165) is 83.4 Å². The minimum atomic E-state index is -0.253. The zero-order chi connectivity index (χ0) is 34.4. The number of hydrogen-bond acceptors (Lipinski definition) is 9. The molecule has 252 valence electrons. The number of pyridine rings is 2. The highest BCUT2D eigenvalue weighted by Crippen LogP contribution is 2.40. The third-order valence-corrected chi connectivity index (χ3v) is 10.4. The van der Waals surface area contributed by atoms with E-state index in [1.165, 1.54) is 6.42 Å². The molecule has 6 aromatic rings. The van der Waals surface area contributed by atoms with Crippen LogP contribution in [0.15, 0.2) is 77.5 Å². The molecule has 0 amide bonds. The van der Waals surface area contributed by atoms with Gasteiger partial charge in [-0.25, -0.2) is 9.97 Å². The molecule has 2 aliphatic rings. The van der Waals surface area contributed by atoms with Crippen LogP contribution in [0.1, 0.15) is 42.0 Å². The average Bonchev–Trinajstić information content (AvgIpc) is 3.85. The Bertz CT molecular complexity index is 2280.